The second-order valence-corrected chi connectivity index (χ2v) is 8.91. The van der Waals surface area contributed by atoms with Crippen molar-refractivity contribution in [1.29, 1.82) is 0 Å². The maximum atomic E-state index is 11.8. The largest absolute Gasteiger partial charge is 0.300 e. The third kappa shape index (κ3) is 4.21. The molecule has 0 aliphatic heterocycles. The second kappa shape index (κ2) is 4.83. The van der Waals surface area contributed by atoms with Gasteiger partial charge in [0.2, 0.25) is 0 Å². The van der Waals surface area contributed by atoms with Gasteiger partial charge >= 0.3 is 0 Å². The molecule has 1 saturated carbocycles. The molecule has 1 atom stereocenters. The van der Waals surface area contributed by atoms with E-state index in [1.807, 2.05) is 0 Å². The quantitative estimate of drug-likeness (QED) is 0.714. The summed E-state index contributed by atoms with van der Waals surface area (Å²) in [5.41, 5.74) is 0. The topological polar surface area (TPSA) is 85.3 Å². The summed E-state index contributed by atoms with van der Waals surface area (Å²) < 4.78 is 45.3. The molecule has 7 heteroatoms. The first-order chi connectivity index (χ1) is 7.21. The molecular weight excluding hydrogens is 252 g/mol. The Bertz CT molecular complexity index is 460. The maximum absolute atomic E-state index is 11.8. The van der Waals surface area contributed by atoms with Crippen molar-refractivity contribution in [3.05, 3.63) is 0 Å². The molecule has 0 amide bonds. The Balaban J connectivity index is 2.67. The van der Waals surface area contributed by atoms with Gasteiger partial charge in [-0.1, -0.05) is 0 Å². The number of rotatable bonds is 4. The summed E-state index contributed by atoms with van der Waals surface area (Å²) in [5, 5.41) is -0.671. The average Bonchev–Trinajstić information content (AvgIpc) is 2.14. The first-order valence-corrected chi connectivity index (χ1v) is 8.89. The molecule has 1 rings (SSSR count). The van der Waals surface area contributed by atoms with Crippen LogP contribution in [0.25, 0.3) is 0 Å². The SMILES string of the molecule is CS(=O)(=O)CCS(=O)(=O)C1CCCC(=O)C1. The second-order valence-electron chi connectivity index (χ2n) is 4.25. The molecule has 5 nitrogen and oxygen atoms in total. The van der Waals surface area contributed by atoms with Gasteiger partial charge in [-0.3, -0.25) is 4.79 Å². The molecule has 1 fully saturated rings. The number of hydrogen-bond acceptors (Lipinski definition) is 5. The van der Waals surface area contributed by atoms with Gasteiger partial charge in [0.05, 0.1) is 16.8 Å². The summed E-state index contributed by atoms with van der Waals surface area (Å²) in [6, 6.07) is 0. The van der Waals surface area contributed by atoms with Crippen LogP contribution >= 0.6 is 0 Å². The summed E-state index contributed by atoms with van der Waals surface area (Å²) in [6.07, 6.45) is 2.55. The Morgan fingerprint density at radius 3 is 2.31 bits per heavy atom. The van der Waals surface area contributed by atoms with Gasteiger partial charge in [0.1, 0.15) is 15.6 Å². The van der Waals surface area contributed by atoms with Crippen LogP contribution in [0.3, 0.4) is 0 Å². The zero-order valence-electron chi connectivity index (χ0n) is 9.18. The Hall–Kier alpha value is -0.430. The Morgan fingerprint density at radius 2 is 1.81 bits per heavy atom. The molecule has 0 bridgehead atoms. The van der Waals surface area contributed by atoms with Gasteiger partial charge in [0.15, 0.2) is 9.84 Å². The van der Waals surface area contributed by atoms with Crippen molar-refractivity contribution in [3.8, 4) is 0 Å². The highest BCUT2D eigenvalue weighted by atomic mass is 32.2. The van der Waals surface area contributed by atoms with Gasteiger partial charge in [-0.05, 0) is 12.8 Å². The average molecular weight is 268 g/mol. The standard InChI is InChI=1S/C9H16O5S2/c1-15(11,12)5-6-16(13,14)9-4-2-3-8(10)7-9/h9H,2-7H2,1H3. The molecule has 0 radical (unpaired) electrons. The van der Waals surface area contributed by atoms with Crippen molar-refractivity contribution < 1.29 is 21.6 Å². The molecule has 16 heavy (non-hydrogen) atoms. The first-order valence-electron chi connectivity index (χ1n) is 5.12. The third-order valence-electron chi connectivity index (χ3n) is 2.68. The van der Waals surface area contributed by atoms with E-state index in [4.69, 9.17) is 0 Å². The van der Waals surface area contributed by atoms with Crippen LogP contribution < -0.4 is 0 Å². The minimum atomic E-state index is -3.45. The van der Waals surface area contributed by atoms with Gasteiger partial charge in [-0.25, -0.2) is 16.8 Å². The predicted octanol–water partition coefficient (Wildman–Crippen LogP) is -0.0425. The van der Waals surface area contributed by atoms with Crippen molar-refractivity contribution in [2.45, 2.75) is 30.9 Å². The molecule has 0 heterocycles. The molecule has 0 aromatic carbocycles. The Kier molecular flexibility index (Phi) is 4.12. The van der Waals surface area contributed by atoms with E-state index in [1.165, 1.54) is 0 Å². The van der Waals surface area contributed by atoms with Crippen molar-refractivity contribution in [3.63, 3.8) is 0 Å². The lowest BCUT2D eigenvalue weighted by Crippen LogP contribution is -2.32. The van der Waals surface area contributed by atoms with Gasteiger partial charge in [-0.2, -0.15) is 0 Å². The number of ketones is 1. The minimum absolute atomic E-state index is 0.0424. The Morgan fingerprint density at radius 1 is 1.19 bits per heavy atom. The molecule has 0 aromatic rings. The molecule has 1 aliphatic carbocycles. The molecule has 1 unspecified atom stereocenters. The molecule has 0 spiro atoms. The van der Waals surface area contributed by atoms with Crippen LogP contribution in [0, 0.1) is 0 Å². The zero-order chi connectivity index (χ0) is 12.4. The fourth-order valence-corrected chi connectivity index (χ4v) is 5.16. The molecular formula is C9H16O5S2. The molecule has 94 valence electrons. The number of sulfone groups is 2. The summed E-state index contributed by atoms with van der Waals surface area (Å²) in [5.74, 6) is -0.775. The van der Waals surface area contributed by atoms with Gasteiger partial charge in [-0.15, -0.1) is 0 Å². The van der Waals surface area contributed by atoms with Crippen LogP contribution in [0.2, 0.25) is 0 Å². The summed E-state index contributed by atoms with van der Waals surface area (Å²) >= 11 is 0. The molecule has 1 aliphatic rings. The van der Waals surface area contributed by atoms with E-state index in [-0.39, 0.29) is 23.7 Å². The number of carbonyl (C=O) groups is 1. The highest BCUT2D eigenvalue weighted by Gasteiger charge is 2.31. The number of Topliss-reactive ketones (excluding diaryl/α,β-unsaturated/α-hetero) is 1. The minimum Gasteiger partial charge on any atom is -0.300 e. The smallest absolute Gasteiger partial charge is 0.154 e. The van der Waals surface area contributed by atoms with E-state index in [2.05, 4.69) is 0 Å². The van der Waals surface area contributed by atoms with Crippen molar-refractivity contribution in [2.75, 3.05) is 17.8 Å². The van der Waals surface area contributed by atoms with Crippen LogP contribution in [-0.2, 0) is 24.5 Å². The summed E-state index contributed by atoms with van der Waals surface area (Å²) in [4.78, 5) is 11.1. The van der Waals surface area contributed by atoms with Crippen molar-refractivity contribution >= 4 is 25.5 Å². The van der Waals surface area contributed by atoms with E-state index in [0.29, 0.717) is 19.3 Å². The number of hydrogen-bond donors (Lipinski definition) is 0. The Labute approximate surface area is 96.1 Å². The molecule has 0 saturated heterocycles. The maximum Gasteiger partial charge on any atom is 0.154 e. The molecule has 0 aromatic heterocycles. The highest BCUT2D eigenvalue weighted by Crippen LogP contribution is 2.22. The predicted molar refractivity (Wildman–Crippen MR) is 60.8 cm³/mol. The van der Waals surface area contributed by atoms with E-state index in [1.54, 1.807) is 0 Å². The normalized spacial score (nSPS) is 23.3. The highest BCUT2D eigenvalue weighted by molar-refractivity contribution is 7.95. The van der Waals surface area contributed by atoms with E-state index in [9.17, 15) is 21.6 Å². The van der Waals surface area contributed by atoms with Crippen LogP contribution in [0.15, 0.2) is 0 Å². The van der Waals surface area contributed by atoms with Crippen LogP contribution in [0.4, 0.5) is 0 Å². The fraction of sp³-hybridized carbons (Fsp3) is 0.889. The number of carbonyl (C=O) groups excluding carboxylic acids is 1. The van der Waals surface area contributed by atoms with E-state index in [0.717, 1.165) is 6.26 Å². The van der Waals surface area contributed by atoms with Crippen LogP contribution in [0.5, 0.6) is 0 Å². The third-order valence-corrected chi connectivity index (χ3v) is 6.08. The van der Waals surface area contributed by atoms with Gasteiger partial charge in [0, 0.05) is 19.1 Å². The summed E-state index contributed by atoms with van der Waals surface area (Å²) in [6.45, 7) is 0. The van der Waals surface area contributed by atoms with E-state index < -0.39 is 24.9 Å². The lowest BCUT2D eigenvalue weighted by atomic mass is 9.99. The van der Waals surface area contributed by atoms with Crippen LogP contribution in [-0.4, -0.2) is 45.6 Å². The van der Waals surface area contributed by atoms with Crippen molar-refractivity contribution in [1.82, 2.24) is 0 Å². The first kappa shape index (κ1) is 13.6. The zero-order valence-corrected chi connectivity index (χ0v) is 10.8. The summed E-state index contributed by atoms with van der Waals surface area (Å²) in [7, 11) is -6.72. The lowest BCUT2D eigenvalue weighted by Gasteiger charge is -2.20. The fourth-order valence-electron chi connectivity index (χ4n) is 1.73. The lowest BCUT2D eigenvalue weighted by molar-refractivity contribution is -0.120. The van der Waals surface area contributed by atoms with E-state index >= 15 is 0 Å². The van der Waals surface area contributed by atoms with Crippen LogP contribution in [0.1, 0.15) is 25.7 Å². The van der Waals surface area contributed by atoms with Gasteiger partial charge < -0.3 is 0 Å². The molecule has 0 N–H and O–H groups in total. The van der Waals surface area contributed by atoms with Gasteiger partial charge in [0.25, 0.3) is 0 Å². The monoisotopic (exact) mass is 268 g/mol. The van der Waals surface area contributed by atoms with Crippen molar-refractivity contribution in [2.24, 2.45) is 0 Å².